The van der Waals surface area contributed by atoms with Gasteiger partial charge in [0.05, 0.1) is 6.61 Å². The third-order valence-electron chi connectivity index (χ3n) is 2.21. The summed E-state index contributed by atoms with van der Waals surface area (Å²) in [6.07, 6.45) is 0. The highest BCUT2D eigenvalue weighted by atomic mass is 31.2. The van der Waals surface area contributed by atoms with Gasteiger partial charge < -0.3 is 13.9 Å². The lowest BCUT2D eigenvalue weighted by Crippen LogP contribution is -1.97. The van der Waals surface area contributed by atoms with E-state index in [1.165, 1.54) is 0 Å². The molecule has 0 spiro atoms. The maximum Gasteiger partial charge on any atom is 0.394 e. The topological polar surface area (TPSA) is 38.7 Å². The number of hydrogen-bond acceptors (Lipinski definition) is 3. The molecule has 1 atom stereocenters. The standard InChI is InChI=1S/C12H19O3P/c1-5-14-16(13)15-12-8-10(4)6-7-11(12)9(2)3/h6-9,13H,5H2,1-4H3. The van der Waals surface area contributed by atoms with Crippen molar-refractivity contribution in [2.24, 2.45) is 0 Å². The van der Waals surface area contributed by atoms with Crippen molar-refractivity contribution in [2.75, 3.05) is 6.61 Å². The van der Waals surface area contributed by atoms with Crippen molar-refractivity contribution in [3.63, 3.8) is 0 Å². The summed E-state index contributed by atoms with van der Waals surface area (Å²) in [5.74, 6) is 1.08. The summed E-state index contributed by atoms with van der Waals surface area (Å²) in [7, 11) is -1.81. The van der Waals surface area contributed by atoms with Crippen LogP contribution < -0.4 is 4.52 Å². The number of rotatable bonds is 5. The van der Waals surface area contributed by atoms with E-state index in [0.717, 1.165) is 16.9 Å². The highest BCUT2D eigenvalue weighted by molar-refractivity contribution is 7.41. The Morgan fingerprint density at radius 1 is 1.38 bits per heavy atom. The summed E-state index contributed by atoms with van der Waals surface area (Å²) in [4.78, 5) is 9.52. The van der Waals surface area contributed by atoms with E-state index in [2.05, 4.69) is 13.8 Å². The number of hydrogen-bond donors (Lipinski definition) is 1. The molecule has 0 aliphatic carbocycles. The average molecular weight is 242 g/mol. The number of aryl methyl sites for hydroxylation is 1. The second kappa shape index (κ2) is 6.19. The summed E-state index contributed by atoms with van der Waals surface area (Å²) in [5.41, 5.74) is 2.20. The fraction of sp³-hybridized carbons (Fsp3) is 0.500. The van der Waals surface area contributed by atoms with E-state index in [1.807, 2.05) is 32.0 Å². The van der Waals surface area contributed by atoms with Crippen LogP contribution in [0.4, 0.5) is 0 Å². The van der Waals surface area contributed by atoms with Gasteiger partial charge >= 0.3 is 8.60 Å². The molecule has 0 bridgehead atoms. The summed E-state index contributed by atoms with van der Waals surface area (Å²) in [6.45, 7) is 8.46. The highest BCUT2D eigenvalue weighted by Crippen LogP contribution is 2.38. The van der Waals surface area contributed by atoms with Gasteiger partial charge in [-0.1, -0.05) is 26.0 Å². The fourth-order valence-electron chi connectivity index (χ4n) is 1.42. The van der Waals surface area contributed by atoms with Crippen LogP contribution in [0.2, 0.25) is 0 Å². The van der Waals surface area contributed by atoms with E-state index in [-0.39, 0.29) is 0 Å². The molecule has 1 unspecified atom stereocenters. The Kier molecular flexibility index (Phi) is 5.20. The summed E-state index contributed by atoms with van der Waals surface area (Å²) >= 11 is 0. The Morgan fingerprint density at radius 3 is 2.62 bits per heavy atom. The molecule has 0 saturated heterocycles. The normalized spacial score (nSPS) is 12.9. The SMILES string of the molecule is CCOP(O)Oc1cc(C)ccc1C(C)C. The molecule has 0 aliphatic heterocycles. The third kappa shape index (κ3) is 3.75. The minimum absolute atomic E-state index is 0.362. The van der Waals surface area contributed by atoms with Crippen LogP contribution in [-0.4, -0.2) is 11.5 Å². The van der Waals surface area contributed by atoms with Crippen molar-refractivity contribution in [1.82, 2.24) is 0 Å². The van der Waals surface area contributed by atoms with Crippen LogP contribution in [0.1, 0.15) is 37.8 Å². The molecule has 0 fully saturated rings. The molecule has 0 aromatic heterocycles. The van der Waals surface area contributed by atoms with Gasteiger partial charge in [0.15, 0.2) is 0 Å². The Hall–Kier alpha value is -0.630. The monoisotopic (exact) mass is 242 g/mol. The summed E-state index contributed by atoms with van der Waals surface area (Å²) in [5, 5.41) is 0. The minimum Gasteiger partial charge on any atom is -0.427 e. The van der Waals surface area contributed by atoms with Gasteiger partial charge in [0.1, 0.15) is 5.75 Å². The molecule has 0 heterocycles. The Morgan fingerprint density at radius 2 is 2.06 bits per heavy atom. The first-order valence-electron chi connectivity index (χ1n) is 5.45. The molecule has 16 heavy (non-hydrogen) atoms. The first-order valence-corrected chi connectivity index (χ1v) is 6.58. The second-order valence-corrected chi connectivity index (χ2v) is 4.86. The van der Waals surface area contributed by atoms with Crippen LogP contribution in [-0.2, 0) is 4.52 Å². The van der Waals surface area contributed by atoms with E-state index < -0.39 is 8.60 Å². The zero-order chi connectivity index (χ0) is 12.1. The van der Waals surface area contributed by atoms with Gasteiger partial charge in [-0.3, -0.25) is 0 Å². The molecule has 1 aromatic carbocycles. The van der Waals surface area contributed by atoms with E-state index >= 15 is 0 Å². The van der Waals surface area contributed by atoms with Crippen molar-refractivity contribution < 1.29 is 13.9 Å². The van der Waals surface area contributed by atoms with Crippen molar-refractivity contribution in [1.29, 1.82) is 0 Å². The van der Waals surface area contributed by atoms with Crippen LogP contribution >= 0.6 is 8.60 Å². The van der Waals surface area contributed by atoms with Crippen LogP contribution in [0.5, 0.6) is 5.75 Å². The van der Waals surface area contributed by atoms with Crippen LogP contribution in [0, 0.1) is 6.92 Å². The van der Waals surface area contributed by atoms with Crippen molar-refractivity contribution in [2.45, 2.75) is 33.6 Å². The Labute approximate surface area is 98.4 Å². The molecule has 1 rings (SSSR count). The Bertz CT molecular complexity index is 339. The molecule has 0 amide bonds. The van der Waals surface area contributed by atoms with Gasteiger partial charge in [-0.25, -0.2) is 0 Å². The van der Waals surface area contributed by atoms with Crippen LogP contribution in [0.25, 0.3) is 0 Å². The zero-order valence-electron chi connectivity index (χ0n) is 10.2. The third-order valence-corrected chi connectivity index (χ3v) is 3.04. The van der Waals surface area contributed by atoms with Gasteiger partial charge in [0.25, 0.3) is 0 Å². The molecule has 4 heteroatoms. The van der Waals surface area contributed by atoms with E-state index in [0.29, 0.717) is 12.5 Å². The quantitative estimate of drug-likeness (QED) is 0.799. The van der Waals surface area contributed by atoms with Gasteiger partial charge in [-0.2, -0.15) is 0 Å². The fourth-order valence-corrected chi connectivity index (χ4v) is 2.02. The van der Waals surface area contributed by atoms with E-state index in [9.17, 15) is 4.89 Å². The maximum absolute atomic E-state index is 9.52. The van der Waals surface area contributed by atoms with Crippen molar-refractivity contribution in [3.05, 3.63) is 29.3 Å². The number of benzene rings is 1. The second-order valence-electron chi connectivity index (χ2n) is 3.94. The van der Waals surface area contributed by atoms with Crippen molar-refractivity contribution >= 4 is 8.60 Å². The zero-order valence-corrected chi connectivity index (χ0v) is 11.1. The predicted octanol–water partition coefficient (Wildman–Crippen LogP) is 3.75. The van der Waals surface area contributed by atoms with Gasteiger partial charge in [-0.05, 0) is 37.0 Å². The molecule has 90 valence electrons. The largest absolute Gasteiger partial charge is 0.427 e. The summed E-state index contributed by atoms with van der Waals surface area (Å²) < 4.78 is 10.4. The maximum atomic E-state index is 9.52. The first kappa shape index (κ1) is 13.4. The van der Waals surface area contributed by atoms with Gasteiger partial charge in [-0.15, -0.1) is 0 Å². The lowest BCUT2D eigenvalue weighted by atomic mass is 10.0. The lowest BCUT2D eigenvalue weighted by molar-refractivity contribution is 0.274. The minimum atomic E-state index is -1.81. The molecule has 0 radical (unpaired) electrons. The lowest BCUT2D eigenvalue weighted by Gasteiger charge is -2.16. The molecular weight excluding hydrogens is 223 g/mol. The van der Waals surface area contributed by atoms with Crippen LogP contribution in [0.15, 0.2) is 18.2 Å². The summed E-state index contributed by atoms with van der Waals surface area (Å²) in [6, 6.07) is 6.01. The molecule has 1 N–H and O–H groups in total. The molecule has 3 nitrogen and oxygen atoms in total. The first-order chi connectivity index (χ1) is 7.54. The predicted molar refractivity (Wildman–Crippen MR) is 66.7 cm³/mol. The van der Waals surface area contributed by atoms with Gasteiger partial charge in [0.2, 0.25) is 0 Å². The smallest absolute Gasteiger partial charge is 0.394 e. The average Bonchev–Trinajstić information content (AvgIpc) is 2.17. The Balaban J connectivity index is 2.87. The highest BCUT2D eigenvalue weighted by Gasteiger charge is 2.13. The molecule has 0 aliphatic rings. The van der Waals surface area contributed by atoms with Crippen LogP contribution in [0.3, 0.4) is 0 Å². The van der Waals surface area contributed by atoms with Gasteiger partial charge in [0, 0.05) is 0 Å². The van der Waals surface area contributed by atoms with E-state index in [4.69, 9.17) is 9.05 Å². The molecule has 1 aromatic rings. The van der Waals surface area contributed by atoms with Crippen molar-refractivity contribution in [3.8, 4) is 5.75 Å². The van der Waals surface area contributed by atoms with E-state index in [1.54, 1.807) is 0 Å². The molecular formula is C12H19O3P. The molecule has 0 saturated carbocycles.